The first kappa shape index (κ1) is 14.9. The third kappa shape index (κ3) is 3.14. The van der Waals surface area contributed by atoms with E-state index in [1.807, 2.05) is 0 Å². The Bertz CT molecular complexity index is 626. The van der Waals surface area contributed by atoms with Crippen LogP contribution in [0, 0.1) is 11.6 Å². The van der Waals surface area contributed by atoms with Gasteiger partial charge in [0.25, 0.3) is 0 Å². The lowest BCUT2D eigenvalue weighted by Gasteiger charge is -2.17. The molecule has 0 aliphatic heterocycles. The van der Waals surface area contributed by atoms with Crippen LogP contribution in [0.25, 0.3) is 0 Å². The molecule has 1 unspecified atom stereocenters. The maximum atomic E-state index is 13.6. The molecule has 1 atom stereocenters. The molecule has 0 aromatic heterocycles. The van der Waals surface area contributed by atoms with Crippen LogP contribution in [0.1, 0.15) is 18.5 Å². The Morgan fingerprint density at radius 3 is 2.30 bits per heavy atom. The van der Waals surface area contributed by atoms with Crippen molar-refractivity contribution >= 4 is 28.9 Å². The molecule has 0 amide bonds. The molecular formula is C14H11Cl2F2NO. The van der Waals surface area contributed by atoms with Gasteiger partial charge in [0.05, 0.1) is 16.1 Å². The van der Waals surface area contributed by atoms with Crippen molar-refractivity contribution in [3.05, 3.63) is 57.6 Å². The summed E-state index contributed by atoms with van der Waals surface area (Å²) < 4.78 is 26.8. The average molecular weight is 318 g/mol. The molecule has 0 saturated carbocycles. The SMILES string of the molecule is CC(Nc1cc(Cl)c(O)c(Cl)c1)c1cc(F)ccc1F. The normalized spacial score (nSPS) is 12.2. The molecule has 0 heterocycles. The lowest BCUT2D eigenvalue weighted by atomic mass is 10.1. The predicted octanol–water partition coefficient (Wildman–Crippen LogP) is 5.15. The monoisotopic (exact) mass is 317 g/mol. The Kier molecular flexibility index (Phi) is 4.35. The number of hydrogen-bond donors (Lipinski definition) is 2. The third-order valence-corrected chi connectivity index (χ3v) is 3.40. The fraction of sp³-hybridized carbons (Fsp3) is 0.143. The molecule has 106 valence electrons. The van der Waals surface area contributed by atoms with Gasteiger partial charge in [-0.25, -0.2) is 8.78 Å². The second-order valence-corrected chi connectivity index (χ2v) is 5.13. The lowest BCUT2D eigenvalue weighted by Crippen LogP contribution is -2.09. The maximum absolute atomic E-state index is 13.6. The van der Waals surface area contributed by atoms with Gasteiger partial charge < -0.3 is 10.4 Å². The maximum Gasteiger partial charge on any atom is 0.152 e. The average Bonchev–Trinajstić information content (AvgIpc) is 2.38. The summed E-state index contributed by atoms with van der Waals surface area (Å²) >= 11 is 11.6. The van der Waals surface area contributed by atoms with Crippen molar-refractivity contribution in [1.29, 1.82) is 0 Å². The van der Waals surface area contributed by atoms with Crippen LogP contribution in [0.5, 0.6) is 5.75 Å². The summed E-state index contributed by atoms with van der Waals surface area (Å²) in [6, 6.07) is 5.66. The van der Waals surface area contributed by atoms with Gasteiger partial charge in [-0.05, 0) is 37.3 Å². The van der Waals surface area contributed by atoms with Crippen molar-refractivity contribution < 1.29 is 13.9 Å². The van der Waals surface area contributed by atoms with E-state index in [0.29, 0.717) is 5.69 Å². The Hall–Kier alpha value is -1.52. The summed E-state index contributed by atoms with van der Waals surface area (Å²) in [7, 11) is 0. The summed E-state index contributed by atoms with van der Waals surface area (Å²) in [5, 5.41) is 12.6. The van der Waals surface area contributed by atoms with E-state index in [0.717, 1.165) is 18.2 Å². The number of nitrogens with one attached hydrogen (secondary N) is 1. The number of rotatable bonds is 3. The second-order valence-electron chi connectivity index (χ2n) is 4.32. The molecule has 2 aromatic carbocycles. The number of hydrogen-bond acceptors (Lipinski definition) is 2. The molecular weight excluding hydrogens is 307 g/mol. The zero-order chi connectivity index (χ0) is 14.9. The van der Waals surface area contributed by atoms with Gasteiger partial charge in [-0.2, -0.15) is 0 Å². The first-order valence-corrected chi connectivity index (χ1v) is 6.53. The Labute approximate surface area is 125 Å². The molecule has 2 nitrogen and oxygen atoms in total. The lowest BCUT2D eigenvalue weighted by molar-refractivity contribution is 0.476. The van der Waals surface area contributed by atoms with E-state index in [2.05, 4.69) is 5.32 Å². The predicted molar refractivity (Wildman–Crippen MR) is 76.5 cm³/mol. The van der Waals surface area contributed by atoms with Crippen molar-refractivity contribution in [3.8, 4) is 5.75 Å². The fourth-order valence-electron chi connectivity index (χ4n) is 1.82. The number of anilines is 1. The number of benzene rings is 2. The minimum atomic E-state index is -0.517. The molecule has 0 saturated heterocycles. The van der Waals surface area contributed by atoms with Crippen molar-refractivity contribution in [2.24, 2.45) is 0 Å². The van der Waals surface area contributed by atoms with Crippen molar-refractivity contribution in [3.63, 3.8) is 0 Å². The highest BCUT2D eigenvalue weighted by atomic mass is 35.5. The molecule has 20 heavy (non-hydrogen) atoms. The van der Waals surface area contributed by atoms with Gasteiger partial charge in [-0.1, -0.05) is 23.2 Å². The number of phenolic OH excluding ortho intramolecular Hbond substituents is 1. The van der Waals surface area contributed by atoms with E-state index in [4.69, 9.17) is 23.2 Å². The van der Waals surface area contributed by atoms with Crippen LogP contribution in [0.15, 0.2) is 30.3 Å². The minimum Gasteiger partial charge on any atom is -0.505 e. The zero-order valence-corrected chi connectivity index (χ0v) is 11.9. The molecule has 0 fully saturated rings. The summed E-state index contributed by atoms with van der Waals surface area (Å²) in [5.74, 6) is -1.25. The molecule has 0 aliphatic rings. The van der Waals surface area contributed by atoms with E-state index in [1.165, 1.54) is 12.1 Å². The number of aromatic hydroxyl groups is 1. The van der Waals surface area contributed by atoms with E-state index in [1.54, 1.807) is 6.92 Å². The highest BCUT2D eigenvalue weighted by Gasteiger charge is 2.14. The topological polar surface area (TPSA) is 32.3 Å². The van der Waals surface area contributed by atoms with E-state index in [9.17, 15) is 13.9 Å². The smallest absolute Gasteiger partial charge is 0.152 e. The van der Waals surface area contributed by atoms with E-state index >= 15 is 0 Å². The number of halogens is 4. The van der Waals surface area contributed by atoms with E-state index in [-0.39, 0.29) is 21.4 Å². The molecule has 2 aromatic rings. The van der Waals surface area contributed by atoms with Crippen LogP contribution in [-0.4, -0.2) is 5.11 Å². The Balaban J connectivity index is 2.27. The minimum absolute atomic E-state index is 0.0758. The van der Waals surface area contributed by atoms with Gasteiger partial charge in [0.15, 0.2) is 5.75 Å². The van der Waals surface area contributed by atoms with Crippen molar-refractivity contribution in [1.82, 2.24) is 0 Å². The van der Waals surface area contributed by atoms with Gasteiger partial charge in [0, 0.05) is 11.3 Å². The van der Waals surface area contributed by atoms with Crippen molar-refractivity contribution in [2.75, 3.05) is 5.32 Å². The second kappa shape index (κ2) is 5.85. The van der Waals surface area contributed by atoms with Gasteiger partial charge in [0.1, 0.15) is 11.6 Å². The standard InChI is InChI=1S/C14H11Cl2F2NO/c1-7(10-4-8(17)2-3-13(10)18)19-9-5-11(15)14(20)12(16)6-9/h2-7,19-20H,1H3. The summed E-state index contributed by atoms with van der Waals surface area (Å²) in [5.41, 5.74) is 0.680. The summed E-state index contributed by atoms with van der Waals surface area (Å²) in [6.45, 7) is 1.67. The van der Waals surface area contributed by atoms with Crippen LogP contribution in [0.4, 0.5) is 14.5 Å². The molecule has 2 rings (SSSR count). The number of phenols is 1. The van der Waals surface area contributed by atoms with Gasteiger partial charge >= 0.3 is 0 Å². The highest BCUT2D eigenvalue weighted by Crippen LogP contribution is 2.35. The fourth-order valence-corrected chi connectivity index (χ4v) is 2.31. The first-order valence-electron chi connectivity index (χ1n) is 5.78. The van der Waals surface area contributed by atoms with Crippen LogP contribution in [0.3, 0.4) is 0 Å². The molecule has 0 radical (unpaired) electrons. The quantitative estimate of drug-likeness (QED) is 0.767. The van der Waals surface area contributed by atoms with Gasteiger partial charge in [-0.3, -0.25) is 0 Å². The first-order chi connectivity index (χ1) is 9.38. The summed E-state index contributed by atoms with van der Waals surface area (Å²) in [4.78, 5) is 0. The van der Waals surface area contributed by atoms with E-state index < -0.39 is 17.7 Å². The molecule has 6 heteroatoms. The molecule has 0 bridgehead atoms. The zero-order valence-electron chi connectivity index (χ0n) is 10.4. The van der Waals surface area contributed by atoms with Crippen LogP contribution >= 0.6 is 23.2 Å². The van der Waals surface area contributed by atoms with Gasteiger partial charge in [0.2, 0.25) is 0 Å². The Morgan fingerprint density at radius 2 is 1.70 bits per heavy atom. The Morgan fingerprint density at radius 1 is 1.10 bits per heavy atom. The third-order valence-electron chi connectivity index (χ3n) is 2.82. The molecule has 0 spiro atoms. The summed E-state index contributed by atoms with van der Waals surface area (Å²) in [6.07, 6.45) is 0. The molecule has 0 aliphatic carbocycles. The van der Waals surface area contributed by atoms with Crippen LogP contribution < -0.4 is 5.32 Å². The molecule has 2 N–H and O–H groups in total. The van der Waals surface area contributed by atoms with Crippen LogP contribution in [0.2, 0.25) is 10.0 Å². The highest BCUT2D eigenvalue weighted by molar-refractivity contribution is 6.37. The van der Waals surface area contributed by atoms with Crippen LogP contribution in [-0.2, 0) is 0 Å². The largest absolute Gasteiger partial charge is 0.505 e. The van der Waals surface area contributed by atoms with Crippen molar-refractivity contribution in [2.45, 2.75) is 13.0 Å². The van der Waals surface area contributed by atoms with Gasteiger partial charge in [-0.15, -0.1) is 0 Å².